The molecule has 2 fully saturated rings. The van der Waals surface area contributed by atoms with Crippen LogP contribution >= 0.6 is 0 Å². The monoisotopic (exact) mass is 502 g/mol. The first-order valence-corrected chi connectivity index (χ1v) is 13.9. The first-order chi connectivity index (χ1) is 16.6. The predicted octanol–water partition coefficient (Wildman–Crippen LogP) is 4.11. The van der Waals surface area contributed by atoms with Gasteiger partial charge >= 0.3 is 0 Å². The zero-order valence-electron chi connectivity index (χ0n) is 20.1. The van der Waals surface area contributed by atoms with E-state index in [0.717, 1.165) is 31.9 Å². The fraction of sp³-hybridized carbons (Fsp3) is 0.462. The number of sulfone groups is 1. The molecule has 0 unspecified atom stereocenters. The maximum absolute atomic E-state index is 14.6. The van der Waals surface area contributed by atoms with Crippen molar-refractivity contribution in [3.63, 3.8) is 0 Å². The number of piperazine rings is 1. The molecule has 1 saturated carbocycles. The van der Waals surface area contributed by atoms with Gasteiger partial charge in [-0.2, -0.15) is 0 Å². The van der Waals surface area contributed by atoms with E-state index in [2.05, 4.69) is 0 Å². The number of carbonyl (C=O) groups is 2. The van der Waals surface area contributed by atoms with Crippen LogP contribution in [0.3, 0.4) is 0 Å². The maximum Gasteiger partial charge on any atom is 0.257 e. The molecule has 0 atom stereocenters. The number of rotatable bonds is 6. The molecule has 0 N–H and O–H groups in total. The number of ketones is 1. The van der Waals surface area contributed by atoms with E-state index < -0.39 is 15.7 Å². The first kappa shape index (κ1) is 25.2. The van der Waals surface area contributed by atoms with Crippen LogP contribution in [0, 0.1) is 5.82 Å². The van der Waals surface area contributed by atoms with Gasteiger partial charge in [0.1, 0.15) is 11.6 Å². The van der Waals surface area contributed by atoms with E-state index in [1.54, 1.807) is 23.1 Å². The fourth-order valence-corrected chi connectivity index (χ4v) is 5.32. The van der Waals surface area contributed by atoms with E-state index >= 15 is 0 Å². The third-order valence-electron chi connectivity index (χ3n) is 6.72. The zero-order chi connectivity index (χ0) is 25.2. The Bertz CT molecular complexity index is 1220. The Hall–Kier alpha value is -2.94. The normalized spacial score (nSPS) is 17.3. The number of halogens is 1. The van der Waals surface area contributed by atoms with Crippen molar-refractivity contribution >= 4 is 27.2 Å². The zero-order valence-corrected chi connectivity index (χ0v) is 20.9. The highest BCUT2D eigenvalue weighted by Crippen LogP contribution is 2.30. The van der Waals surface area contributed by atoms with Crippen LogP contribution in [0.15, 0.2) is 41.3 Å². The number of hydrogen-bond acceptors (Lipinski definition) is 6. The summed E-state index contributed by atoms with van der Waals surface area (Å²) in [4.78, 5) is 28.6. The molecule has 0 bridgehead atoms. The van der Waals surface area contributed by atoms with Crippen molar-refractivity contribution in [3.05, 3.63) is 53.3 Å². The van der Waals surface area contributed by atoms with Gasteiger partial charge in [-0.3, -0.25) is 9.59 Å². The van der Waals surface area contributed by atoms with Gasteiger partial charge in [-0.1, -0.05) is 6.42 Å². The summed E-state index contributed by atoms with van der Waals surface area (Å²) in [5, 5.41) is 0. The lowest BCUT2D eigenvalue weighted by atomic mass is 9.97. The number of anilines is 1. The molecule has 35 heavy (non-hydrogen) atoms. The van der Waals surface area contributed by atoms with Gasteiger partial charge in [0, 0.05) is 38.0 Å². The summed E-state index contributed by atoms with van der Waals surface area (Å²) in [6.45, 7) is 2.90. The van der Waals surface area contributed by atoms with Crippen molar-refractivity contribution in [2.75, 3.05) is 37.3 Å². The lowest BCUT2D eigenvalue weighted by Crippen LogP contribution is -2.49. The SMILES string of the molecule is CC(=O)c1ccc(N2CCN(C(=O)c3cc(S(C)(=O)=O)ccc3OC3CCCCC3)CC2)c(F)c1. The number of hydrogen-bond donors (Lipinski definition) is 0. The van der Waals surface area contributed by atoms with Crippen molar-refractivity contribution in [1.29, 1.82) is 0 Å². The Morgan fingerprint density at radius 3 is 2.26 bits per heavy atom. The topological polar surface area (TPSA) is 84.0 Å². The van der Waals surface area contributed by atoms with Gasteiger partial charge in [0.05, 0.1) is 22.3 Å². The average Bonchev–Trinajstić information content (AvgIpc) is 2.84. The molecule has 0 aromatic heterocycles. The number of carbonyl (C=O) groups excluding carboxylic acids is 2. The van der Waals surface area contributed by atoms with Crippen LogP contribution < -0.4 is 9.64 Å². The van der Waals surface area contributed by atoms with E-state index in [9.17, 15) is 22.4 Å². The molecule has 1 saturated heterocycles. The second kappa shape index (κ2) is 10.4. The molecule has 4 rings (SSSR count). The van der Waals surface area contributed by atoms with Gasteiger partial charge < -0.3 is 14.5 Å². The lowest BCUT2D eigenvalue weighted by Gasteiger charge is -2.36. The number of benzene rings is 2. The van der Waals surface area contributed by atoms with E-state index in [4.69, 9.17) is 4.74 Å². The molecule has 188 valence electrons. The molecule has 1 aliphatic heterocycles. The second-order valence-electron chi connectivity index (χ2n) is 9.31. The van der Waals surface area contributed by atoms with E-state index in [-0.39, 0.29) is 28.3 Å². The van der Waals surface area contributed by atoms with Gasteiger partial charge in [0.25, 0.3) is 5.91 Å². The van der Waals surface area contributed by atoms with Gasteiger partial charge in [0.2, 0.25) is 0 Å². The predicted molar refractivity (Wildman–Crippen MR) is 132 cm³/mol. The van der Waals surface area contributed by atoms with Crippen molar-refractivity contribution in [2.24, 2.45) is 0 Å². The highest BCUT2D eigenvalue weighted by Gasteiger charge is 2.28. The maximum atomic E-state index is 14.6. The van der Waals surface area contributed by atoms with Gasteiger partial charge in [-0.05, 0) is 69.0 Å². The summed E-state index contributed by atoms with van der Waals surface area (Å²) < 4.78 is 45.1. The fourth-order valence-electron chi connectivity index (χ4n) is 4.68. The molecule has 7 nitrogen and oxygen atoms in total. The Kier molecular flexibility index (Phi) is 7.44. The summed E-state index contributed by atoms with van der Waals surface area (Å²) in [6, 6.07) is 8.90. The van der Waals surface area contributed by atoms with Gasteiger partial charge in [-0.25, -0.2) is 12.8 Å². The Morgan fingerprint density at radius 1 is 0.971 bits per heavy atom. The first-order valence-electron chi connectivity index (χ1n) is 12.0. The Morgan fingerprint density at radius 2 is 1.66 bits per heavy atom. The lowest BCUT2D eigenvalue weighted by molar-refractivity contribution is 0.0735. The molecular formula is C26H31FN2O5S. The molecule has 2 aromatic rings. The number of nitrogens with zero attached hydrogens (tertiary/aromatic N) is 2. The standard InChI is InChI=1S/C26H31FN2O5S/c1-18(30)19-8-10-24(23(27)16-19)28-12-14-29(15-13-28)26(31)22-17-21(35(2,32)33)9-11-25(22)34-20-6-4-3-5-7-20/h8-11,16-17,20H,3-7,12-15H2,1-2H3. The van der Waals surface area contributed by atoms with Crippen molar-refractivity contribution in [1.82, 2.24) is 4.90 Å². The Balaban J connectivity index is 1.52. The molecule has 0 radical (unpaired) electrons. The second-order valence-corrected chi connectivity index (χ2v) is 11.3. The molecule has 1 aliphatic carbocycles. The molecule has 0 spiro atoms. The van der Waals surface area contributed by atoms with Crippen LogP contribution in [-0.2, 0) is 9.84 Å². The smallest absolute Gasteiger partial charge is 0.257 e. The summed E-state index contributed by atoms with van der Waals surface area (Å²) >= 11 is 0. The van der Waals surface area contributed by atoms with Crippen LogP contribution in [0.25, 0.3) is 0 Å². The van der Waals surface area contributed by atoms with Gasteiger partial charge in [-0.15, -0.1) is 0 Å². The number of ether oxygens (including phenoxy) is 1. The largest absolute Gasteiger partial charge is 0.490 e. The van der Waals surface area contributed by atoms with Crippen LogP contribution in [0.4, 0.5) is 10.1 Å². The minimum Gasteiger partial charge on any atom is -0.490 e. The highest BCUT2D eigenvalue weighted by molar-refractivity contribution is 7.90. The van der Waals surface area contributed by atoms with Crippen molar-refractivity contribution < 1.29 is 27.1 Å². The quantitative estimate of drug-likeness (QED) is 0.553. The van der Waals surface area contributed by atoms with Crippen LogP contribution in [0.5, 0.6) is 5.75 Å². The molecular weight excluding hydrogens is 471 g/mol. The molecule has 1 heterocycles. The van der Waals surface area contributed by atoms with E-state index in [1.807, 2.05) is 4.90 Å². The third kappa shape index (κ3) is 5.83. The molecule has 1 amide bonds. The third-order valence-corrected chi connectivity index (χ3v) is 7.83. The van der Waals surface area contributed by atoms with Crippen LogP contribution in [0.2, 0.25) is 0 Å². The summed E-state index contributed by atoms with van der Waals surface area (Å²) in [5.74, 6) is -0.564. The minimum absolute atomic E-state index is 0.0113. The number of amides is 1. The Labute approximate surface area is 205 Å². The van der Waals surface area contributed by atoms with Crippen LogP contribution in [0.1, 0.15) is 59.7 Å². The van der Waals surface area contributed by atoms with Crippen molar-refractivity contribution in [3.8, 4) is 5.75 Å². The average molecular weight is 503 g/mol. The summed E-state index contributed by atoms with van der Waals surface area (Å²) in [7, 11) is -3.50. The van der Waals surface area contributed by atoms with Crippen molar-refractivity contribution in [2.45, 2.75) is 50.0 Å². The van der Waals surface area contributed by atoms with Gasteiger partial charge in [0.15, 0.2) is 15.6 Å². The van der Waals surface area contributed by atoms with E-state index in [1.165, 1.54) is 31.5 Å². The molecule has 2 aromatic carbocycles. The molecule has 9 heteroatoms. The van der Waals surface area contributed by atoms with Crippen LogP contribution in [-0.4, -0.2) is 63.5 Å². The summed E-state index contributed by atoms with van der Waals surface area (Å²) in [6.07, 6.45) is 6.26. The van der Waals surface area contributed by atoms with E-state index in [0.29, 0.717) is 43.2 Å². The molecule has 2 aliphatic rings. The minimum atomic E-state index is -3.50. The number of Topliss-reactive ketones (excluding diaryl/α,β-unsaturated/α-hetero) is 1. The highest BCUT2D eigenvalue weighted by atomic mass is 32.2. The summed E-state index contributed by atoms with van der Waals surface area (Å²) in [5.41, 5.74) is 0.947.